The van der Waals surface area contributed by atoms with Gasteiger partial charge in [-0.3, -0.25) is 14.3 Å². The maximum Gasteiger partial charge on any atom is 0.275 e. The number of aromatic nitrogens is 3. The molecule has 3 heterocycles. The van der Waals surface area contributed by atoms with Gasteiger partial charge in [-0.2, -0.15) is 5.10 Å². The minimum atomic E-state index is -0.662. The van der Waals surface area contributed by atoms with E-state index in [0.29, 0.717) is 30.3 Å². The standard InChI is InChI=1S/C21H23N5O3/c1-25-15-8-4-2-6-13(15)19(24-25)21(28)26-11-10-22-20(27)16(26)12-18-23-14-7-3-5-9-17(14)29-18/h3,5,7,9,16H,2,4,6,8,10-12H2,1H3,(H,22,27)/t16-/m0/s1. The molecule has 1 aliphatic carbocycles. The SMILES string of the molecule is Cn1nc(C(=O)N2CCNC(=O)[C@@H]2Cc2nc3ccccc3o2)c2c1CCCC2. The molecule has 1 atom stereocenters. The van der Waals surface area contributed by atoms with Crippen LogP contribution in [0.5, 0.6) is 0 Å². The Morgan fingerprint density at radius 2 is 2.10 bits per heavy atom. The van der Waals surface area contributed by atoms with Crippen LogP contribution in [-0.4, -0.2) is 50.6 Å². The van der Waals surface area contributed by atoms with E-state index in [2.05, 4.69) is 15.4 Å². The summed E-state index contributed by atoms with van der Waals surface area (Å²) in [6, 6.07) is 6.82. The van der Waals surface area contributed by atoms with Crippen molar-refractivity contribution in [1.82, 2.24) is 25.0 Å². The molecule has 3 aromatic rings. The fourth-order valence-electron chi connectivity index (χ4n) is 4.41. The van der Waals surface area contributed by atoms with E-state index in [-0.39, 0.29) is 18.2 Å². The first-order chi connectivity index (χ1) is 14.1. The van der Waals surface area contributed by atoms with Gasteiger partial charge in [0, 0.05) is 31.4 Å². The topological polar surface area (TPSA) is 93.3 Å². The number of aryl methyl sites for hydroxylation is 1. The van der Waals surface area contributed by atoms with Crippen molar-refractivity contribution in [1.29, 1.82) is 0 Å². The Hall–Kier alpha value is -3.16. The molecule has 1 saturated heterocycles. The number of hydrogen-bond acceptors (Lipinski definition) is 5. The maximum absolute atomic E-state index is 13.4. The number of carbonyl (C=O) groups excluding carboxylic acids is 2. The van der Waals surface area contributed by atoms with Crippen LogP contribution < -0.4 is 5.32 Å². The van der Waals surface area contributed by atoms with Gasteiger partial charge in [0.25, 0.3) is 5.91 Å². The molecule has 8 nitrogen and oxygen atoms in total. The number of fused-ring (bicyclic) bond motifs is 2. The molecule has 0 saturated carbocycles. The normalized spacial score (nSPS) is 19.3. The zero-order valence-electron chi connectivity index (χ0n) is 16.4. The lowest BCUT2D eigenvalue weighted by Gasteiger charge is -2.34. The van der Waals surface area contributed by atoms with Crippen molar-refractivity contribution >= 4 is 22.9 Å². The van der Waals surface area contributed by atoms with Crippen molar-refractivity contribution < 1.29 is 14.0 Å². The summed E-state index contributed by atoms with van der Waals surface area (Å²) < 4.78 is 7.62. The number of para-hydroxylation sites is 2. The molecule has 2 amide bonds. The molecular weight excluding hydrogens is 370 g/mol. The third-order valence-electron chi connectivity index (χ3n) is 5.87. The highest BCUT2D eigenvalue weighted by molar-refractivity contribution is 5.98. The lowest BCUT2D eigenvalue weighted by molar-refractivity contribution is -0.127. The molecule has 1 aromatic carbocycles. The summed E-state index contributed by atoms with van der Waals surface area (Å²) in [4.78, 5) is 32.2. The van der Waals surface area contributed by atoms with Gasteiger partial charge in [0.1, 0.15) is 11.6 Å². The fourth-order valence-corrected chi connectivity index (χ4v) is 4.41. The highest BCUT2D eigenvalue weighted by Gasteiger charge is 2.37. The smallest absolute Gasteiger partial charge is 0.275 e. The highest BCUT2D eigenvalue weighted by atomic mass is 16.3. The van der Waals surface area contributed by atoms with Crippen molar-refractivity contribution in [3.63, 3.8) is 0 Å². The molecule has 5 rings (SSSR count). The van der Waals surface area contributed by atoms with Crippen LogP contribution in [0.15, 0.2) is 28.7 Å². The number of oxazole rings is 1. The second-order valence-electron chi connectivity index (χ2n) is 7.69. The van der Waals surface area contributed by atoms with Gasteiger partial charge in [-0.05, 0) is 37.8 Å². The Bertz CT molecular complexity index is 1070. The fraction of sp³-hybridized carbons (Fsp3) is 0.429. The summed E-state index contributed by atoms with van der Waals surface area (Å²) in [6.45, 7) is 0.879. The molecule has 0 bridgehead atoms. The summed E-state index contributed by atoms with van der Waals surface area (Å²) in [6.07, 6.45) is 4.22. The van der Waals surface area contributed by atoms with Crippen LogP contribution in [0.2, 0.25) is 0 Å². The van der Waals surface area contributed by atoms with Crippen molar-refractivity contribution in [3.8, 4) is 0 Å². The van der Waals surface area contributed by atoms with Gasteiger partial charge in [-0.25, -0.2) is 4.98 Å². The van der Waals surface area contributed by atoms with E-state index >= 15 is 0 Å². The number of rotatable bonds is 3. The van der Waals surface area contributed by atoms with E-state index in [4.69, 9.17) is 4.42 Å². The zero-order chi connectivity index (χ0) is 20.0. The Kier molecular flexibility index (Phi) is 4.34. The number of nitrogens with one attached hydrogen (secondary N) is 1. The van der Waals surface area contributed by atoms with Crippen molar-refractivity contribution in [3.05, 3.63) is 47.1 Å². The molecule has 1 fully saturated rings. The van der Waals surface area contributed by atoms with Crippen LogP contribution in [0.4, 0.5) is 0 Å². The Morgan fingerprint density at radius 3 is 2.97 bits per heavy atom. The number of piperazine rings is 1. The van der Waals surface area contributed by atoms with Crippen LogP contribution >= 0.6 is 0 Å². The Labute approximate surface area is 167 Å². The van der Waals surface area contributed by atoms with Crippen LogP contribution in [0.3, 0.4) is 0 Å². The summed E-state index contributed by atoms with van der Waals surface area (Å²) >= 11 is 0. The molecular formula is C21H23N5O3. The molecule has 2 aliphatic rings. The number of amides is 2. The number of nitrogens with zero attached hydrogens (tertiary/aromatic N) is 4. The molecule has 8 heteroatoms. The first-order valence-electron chi connectivity index (χ1n) is 10.1. The molecule has 29 heavy (non-hydrogen) atoms. The van der Waals surface area contributed by atoms with Gasteiger partial charge in [0.2, 0.25) is 5.91 Å². The Balaban J connectivity index is 1.46. The van der Waals surface area contributed by atoms with Gasteiger partial charge in [0.15, 0.2) is 17.2 Å². The van der Waals surface area contributed by atoms with E-state index in [1.165, 1.54) is 0 Å². The molecule has 2 aromatic heterocycles. The summed E-state index contributed by atoms with van der Waals surface area (Å²) in [5.74, 6) is 0.0884. The second kappa shape index (κ2) is 7.02. The van der Waals surface area contributed by atoms with Gasteiger partial charge < -0.3 is 14.6 Å². The van der Waals surface area contributed by atoms with Crippen molar-refractivity contribution in [2.24, 2.45) is 7.05 Å². The third kappa shape index (κ3) is 3.08. The lowest BCUT2D eigenvalue weighted by Crippen LogP contribution is -2.58. The van der Waals surface area contributed by atoms with E-state index in [1.54, 1.807) is 4.90 Å². The average molecular weight is 393 g/mol. The molecule has 150 valence electrons. The molecule has 0 unspecified atom stereocenters. The van der Waals surface area contributed by atoms with Gasteiger partial charge >= 0.3 is 0 Å². The lowest BCUT2D eigenvalue weighted by atomic mass is 9.95. The highest BCUT2D eigenvalue weighted by Crippen LogP contribution is 2.26. The van der Waals surface area contributed by atoms with Gasteiger partial charge in [-0.1, -0.05) is 12.1 Å². The second-order valence-corrected chi connectivity index (χ2v) is 7.69. The molecule has 1 aliphatic heterocycles. The van der Waals surface area contributed by atoms with Crippen LogP contribution in [0.25, 0.3) is 11.1 Å². The van der Waals surface area contributed by atoms with E-state index in [1.807, 2.05) is 36.0 Å². The van der Waals surface area contributed by atoms with E-state index in [9.17, 15) is 9.59 Å². The van der Waals surface area contributed by atoms with Crippen LogP contribution in [-0.2, 0) is 31.1 Å². The third-order valence-corrected chi connectivity index (χ3v) is 5.87. The van der Waals surface area contributed by atoms with Crippen molar-refractivity contribution in [2.45, 2.75) is 38.1 Å². The van der Waals surface area contributed by atoms with Crippen molar-refractivity contribution in [2.75, 3.05) is 13.1 Å². The number of carbonyl (C=O) groups is 2. The maximum atomic E-state index is 13.4. The minimum Gasteiger partial charge on any atom is -0.441 e. The first-order valence-corrected chi connectivity index (χ1v) is 10.1. The zero-order valence-corrected chi connectivity index (χ0v) is 16.4. The van der Waals surface area contributed by atoms with E-state index in [0.717, 1.165) is 42.5 Å². The Morgan fingerprint density at radius 1 is 1.28 bits per heavy atom. The summed E-state index contributed by atoms with van der Waals surface area (Å²) in [5, 5.41) is 7.39. The predicted octanol–water partition coefficient (Wildman–Crippen LogP) is 1.62. The predicted molar refractivity (Wildman–Crippen MR) is 105 cm³/mol. The van der Waals surface area contributed by atoms with Crippen LogP contribution in [0, 0.1) is 0 Å². The van der Waals surface area contributed by atoms with Gasteiger partial charge in [-0.15, -0.1) is 0 Å². The number of hydrogen-bond donors (Lipinski definition) is 1. The molecule has 1 N–H and O–H groups in total. The average Bonchev–Trinajstić information content (AvgIpc) is 3.30. The number of benzene rings is 1. The molecule has 0 spiro atoms. The van der Waals surface area contributed by atoms with Gasteiger partial charge in [0.05, 0.1) is 6.42 Å². The molecule has 0 radical (unpaired) electrons. The quantitative estimate of drug-likeness (QED) is 0.730. The summed E-state index contributed by atoms with van der Waals surface area (Å²) in [7, 11) is 1.89. The minimum absolute atomic E-state index is 0.181. The largest absolute Gasteiger partial charge is 0.441 e. The monoisotopic (exact) mass is 393 g/mol. The first kappa shape index (κ1) is 17.9. The van der Waals surface area contributed by atoms with E-state index < -0.39 is 6.04 Å². The summed E-state index contributed by atoms with van der Waals surface area (Å²) in [5.41, 5.74) is 4.08. The van der Waals surface area contributed by atoms with Crippen LogP contribution in [0.1, 0.15) is 40.5 Å².